The maximum Gasteiger partial charge on any atom is 0.323 e. The van der Waals surface area contributed by atoms with Crippen molar-refractivity contribution in [1.29, 1.82) is 0 Å². The molecular weight excluding hydrogens is 246 g/mol. The van der Waals surface area contributed by atoms with Crippen LogP contribution in [0.1, 0.15) is 19.4 Å². The van der Waals surface area contributed by atoms with Crippen molar-refractivity contribution in [3.63, 3.8) is 0 Å². The molecule has 0 aliphatic rings. The number of ether oxygens (including phenoxy) is 2. The number of benzene rings is 1. The minimum absolute atomic E-state index is 0.115. The first kappa shape index (κ1) is 15.5. The van der Waals surface area contributed by atoms with Crippen molar-refractivity contribution in [2.24, 2.45) is 5.73 Å². The van der Waals surface area contributed by atoms with Crippen molar-refractivity contribution in [2.45, 2.75) is 32.4 Å². The van der Waals surface area contributed by atoms with Crippen molar-refractivity contribution < 1.29 is 19.4 Å². The highest BCUT2D eigenvalue weighted by molar-refractivity contribution is 5.75. The summed E-state index contributed by atoms with van der Waals surface area (Å²) in [6.07, 6.45) is 0.494. The number of phenols is 1. The van der Waals surface area contributed by atoms with Gasteiger partial charge in [0.05, 0.1) is 12.7 Å². The number of nitrogens with two attached hydrogens (primary N) is 1. The van der Waals surface area contributed by atoms with Crippen LogP contribution in [0.4, 0.5) is 0 Å². The quantitative estimate of drug-likeness (QED) is 0.573. The van der Waals surface area contributed by atoms with Crippen LogP contribution in [0, 0.1) is 0 Å². The van der Waals surface area contributed by atoms with Gasteiger partial charge in [-0.05, 0) is 38.0 Å². The van der Waals surface area contributed by atoms with Gasteiger partial charge in [-0.15, -0.1) is 0 Å². The summed E-state index contributed by atoms with van der Waals surface area (Å²) in [4.78, 5) is 11.6. The molecule has 1 atom stereocenters. The lowest BCUT2D eigenvalue weighted by atomic mass is 10.1. The van der Waals surface area contributed by atoms with Gasteiger partial charge in [0.2, 0.25) is 0 Å². The van der Waals surface area contributed by atoms with Crippen molar-refractivity contribution in [2.75, 3.05) is 13.2 Å². The fourth-order valence-electron chi connectivity index (χ4n) is 1.50. The van der Waals surface area contributed by atoms with E-state index in [1.54, 1.807) is 24.3 Å². The summed E-state index contributed by atoms with van der Waals surface area (Å²) in [5, 5.41) is 9.15. The first-order valence-corrected chi connectivity index (χ1v) is 6.30. The SMILES string of the molecule is CC(C)OCCOC(=O)C(N)Cc1ccc(O)cc1. The molecule has 106 valence electrons. The molecule has 0 saturated carbocycles. The van der Waals surface area contributed by atoms with Gasteiger partial charge in [0.25, 0.3) is 0 Å². The monoisotopic (exact) mass is 267 g/mol. The normalized spacial score (nSPS) is 12.4. The molecule has 0 bridgehead atoms. The molecule has 0 aromatic heterocycles. The van der Waals surface area contributed by atoms with Crippen LogP contribution in [0.2, 0.25) is 0 Å². The van der Waals surface area contributed by atoms with Crippen LogP contribution in [0.5, 0.6) is 5.75 Å². The van der Waals surface area contributed by atoms with Gasteiger partial charge in [-0.3, -0.25) is 4.79 Å². The van der Waals surface area contributed by atoms with Gasteiger partial charge >= 0.3 is 5.97 Å². The van der Waals surface area contributed by atoms with E-state index in [0.29, 0.717) is 13.0 Å². The Balaban J connectivity index is 2.30. The van der Waals surface area contributed by atoms with E-state index in [2.05, 4.69) is 0 Å². The minimum Gasteiger partial charge on any atom is -0.508 e. The Morgan fingerprint density at radius 3 is 2.47 bits per heavy atom. The van der Waals surface area contributed by atoms with Crippen molar-refractivity contribution in [1.82, 2.24) is 0 Å². The molecule has 0 spiro atoms. The molecule has 0 saturated heterocycles. The first-order valence-electron chi connectivity index (χ1n) is 6.30. The molecule has 19 heavy (non-hydrogen) atoms. The van der Waals surface area contributed by atoms with Crippen LogP contribution in [0.25, 0.3) is 0 Å². The summed E-state index contributed by atoms with van der Waals surface area (Å²) in [5.74, 6) is -0.258. The van der Waals surface area contributed by atoms with Crippen molar-refractivity contribution in [3.05, 3.63) is 29.8 Å². The lowest BCUT2D eigenvalue weighted by molar-refractivity contribution is -0.147. The number of hydrogen-bond acceptors (Lipinski definition) is 5. The van der Waals surface area contributed by atoms with Gasteiger partial charge in [0.1, 0.15) is 18.4 Å². The maximum absolute atomic E-state index is 11.6. The highest BCUT2D eigenvalue weighted by Gasteiger charge is 2.15. The lowest BCUT2D eigenvalue weighted by Gasteiger charge is -2.12. The van der Waals surface area contributed by atoms with Crippen LogP contribution in [-0.4, -0.2) is 36.4 Å². The highest BCUT2D eigenvalue weighted by atomic mass is 16.6. The molecule has 5 heteroatoms. The van der Waals surface area contributed by atoms with Crippen LogP contribution < -0.4 is 5.73 Å². The molecule has 0 amide bonds. The summed E-state index contributed by atoms with van der Waals surface area (Å²) in [6, 6.07) is 5.87. The number of esters is 1. The molecular formula is C14H21NO4. The zero-order valence-electron chi connectivity index (χ0n) is 11.3. The minimum atomic E-state index is -0.705. The second kappa shape index (κ2) is 7.76. The third-order valence-corrected chi connectivity index (χ3v) is 2.47. The van der Waals surface area contributed by atoms with Gasteiger partial charge in [0, 0.05) is 0 Å². The molecule has 5 nitrogen and oxygen atoms in total. The molecule has 3 N–H and O–H groups in total. The lowest BCUT2D eigenvalue weighted by Crippen LogP contribution is -2.35. The van der Waals surface area contributed by atoms with E-state index in [-0.39, 0.29) is 18.5 Å². The van der Waals surface area contributed by atoms with Gasteiger partial charge in [0.15, 0.2) is 0 Å². The van der Waals surface area contributed by atoms with Gasteiger partial charge in [-0.2, -0.15) is 0 Å². The average Bonchev–Trinajstić information content (AvgIpc) is 2.36. The predicted octanol–water partition coefficient (Wildman–Crippen LogP) is 1.23. The number of phenolic OH excluding ortho intramolecular Hbond substituents is 1. The van der Waals surface area contributed by atoms with Crippen LogP contribution in [0.15, 0.2) is 24.3 Å². The number of hydrogen-bond donors (Lipinski definition) is 2. The molecule has 1 rings (SSSR count). The van der Waals surface area contributed by atoms with Crippen LogP contribution >= 0.6 is 0 Å². The molecule has 0 radical (unpaired) electrons. The number of aromatic hydroxyl groups is 1. The standard InChI is InChI=1S/C14H21NO4/c1-10(2)18-7-8-19-14(17)13(15)9-11-3-5-12(16)6-4-11/h3-6,10,13,16H,7-9,15H2,1-2H3. The molecule has 0 heterocycles. The number of rotatable bonds is 7. The fraction of sp³-hybridized carbons (Fsp3) is 0.500. The van der Waals surface area contributed by atoms with E-state index in [0.717, 1.165) is 5.56 Å². The van der Waals surface area contributed by atoms with E-state index in [1.165, 1.54) is 0 Å². The third-order valence-electron chi connectivity index (χ3n) is 2.47. The number of carbonyl (C=O) groups excluding carboxylic acids is 1. The molecule has 1 aromatic carbocycles. The predicted molar refractivity (Wildman–Crippen MR) is 71.8 cm³/mol. The van der Waals surface area contributed by atoms with E-state index in [4.69, 9.17) is 20.3 Å². The average molecular weight is 267 g/mol. The van der Waals surface area contributed by atoms with E-state index < -0.39 is 12.0 Å². The molecule has 0 aliphatic carbocycles. The fourth-order valence-corrected chi connectivity index (χ4v) is 1.50. The maximum atomic E-state index is 11.6. The van der Waals surface area contributed by atoms with Crippen molar-refractivity contribution >= 4 is 5.97 Å². The third kappa shape index (κ3) is 6.22. The Morgan fingerprint density at radius 1 is 1.26 bits per heavy atom. The van der Waals surface area contributed by atoms with Gasteiger partial charge in [-0.25, -0.2) is 0 Å². The van der Waals surface area contributed by atoms with E-state index in [1.807, 2.05) is 13.8 Å². The van der Waals surface area contributed by atoms with Gasteiger partial charge in [-0.1, -0.05) is 12.1 Å². The van der Waals surface area contributed by atoms with Crippen LogP contribution in [-0.2, 0) is 20.7 Å². The zero-order chi connectivity index (χ0) is 14.3. The van der Waals surface area contributed by atoms with E-state index >= 15 is 0 Å². The Labute approximate surface area is 113 Å². The first-order chi connectivity index (χ1) is 8.99. The Hall–Kier alpha value is -1.59. The van der Waals surface area contributed by atoms with Crippen molar-refractivity contribution in [3.8, 4) is 5.75 Å². The zero-order valence-corrected chi connectivity index (χ0v) is 11.3. The highest BCUT2D eigenvalue weighted by Crippen LogP contribution is 2.11. The largest absolute Gasteiger partial charge is 0.508 e. The molecule has 0 fully saturated rings. The summed E-state index contributed by atoms with van der Waals surface area (Å²) in [7, 11) is 0. The summed E-state index contributed by atoms with van der Waals surface area (Å²) in [6.45, 7) is 4.41. The Morgan fingerprint density at radius 2 is 1.89 bits per heavy atom. The topological polar surface area (TPSA) is 81.8 Å². The summed E-state index contributed by atoms with van der Waals surface area (Å²) in [5.41, 5.74) is 6.63. The Bertz CT molecular complexity index is 389. The number of carbonyl (C=O) groups is 1. The molecule has 1 aromatic rings. The molecule has 0 aliphatic heterocycles. The van der Waals surface area contributed by atoms with E-state index in [9.17, 15) is 4.79 Å². The smallest absolute Gasteiger partial charge is 0.323 e. The summed E-state index contributed by atoms with van der Waals surface area (Å²) < 4.78 is 10.3. The van der Waals surface area contributed by atoms with Crippen LogP contribution in [0.3, 0.4) is 0 Å². The second-order valence-corrected chi connectivity index (χ2v) is 4.56. The Kier molecular flexibility index (Phi) is 6.32. The summed E-state index contributed by atoms with van der Waals surface area (Å²) >= 11 is 0. The second-order valence-electron chi connectivity index (χ2n) is 4.56. The van der Waals surface area contributed by atoms with Gasteiger partial charge < -0.3 is 20.3 Å². The molecule has 1 unspecified atom stereocenters.